The molecule has 0 unspecified atom stereocenters. The normalized spacial score (nSPS) is 13.0. The maximum absolute atomic E-state index is 12.4. The van der Waals surface area contributed by atoms with E-state index in [4.69, 9.17) is 5.26 Å². The van der Waals surface area contributed by atoms with Gasteiger partial charge in [-0.2, -0.15) is 18.4 Å². The van der Waals surface area contributed by atoms with Crippen LogP contribution >= 0.6 is 0 Å². The van der Waals surface area contributed by atoms with Gasteiger partial charge in [-0.05, 0) is 51.0 Å². The molecule has 0 amide bonds. The van der Waals surface area contributed by atoms with Crippen molar-refractivity contribution in [3.05, 3.63) is 29.8 Å². The summed E-state index contributed by atoms with van der Waals surface area (Å²) in [6.45, 7) is 3.41. The van der Waals surface area contributed by atoms with Crippen LogP contribution in [0.4, 0.5) is 13.2 Å². The molecule has 1 rings (SSSR count). The second-order valence-electron chi connectivity index (χ2n) is 5.44. The van der Waals surface area contributed by atoms with E-state index in [0.717, 1.165) is 24.3 Å². The highest BCUT2D eigenvalue weighted by molar-refractivity contribution is 7.91. The highest BCUT2D eigenvalue weighted by Gasteiger charge is 2.30. The Hall–Kier alpha value is -1.55. The molecule has 0 aliphatic heterocycles. The molecule has 0 atom stereocenters. The summed E-state index contributed by atoms with van der Waals surface area (Å²) in [5, 5.41) is 8.84. The van der Waals surface area contributed by atoms with Crippen LogP contribution in [0.2, 0.25) is 0 Å². The van der Waals surface area contributed by atoms with Crippen LogP contribution < -0.4 is 0 Å². The second kappa shape index (κ2) is 6.06. The number of hydrogen-bond donors (Lipinski definition) is 0. The average molecular weight is 319 g/mol. The lowest BCUT2D eigenvalue weighted by atomic mass is 9.90. The van der Waals surface area contributed by atoms with Crippen molar-refractivity contribution >= 4 is 9.84 Å². The molecular weight excluding hydrogens is 303 g/mol. The van der Waals surface area contributed by atoms with Crippen LogP contribution in [0.5, 0.6) is 0 Å². The van der Waals surface area contributed by atoms with Crippen LogP contribution in [0.15, 0.2) is 29.2 Å². The Morgan fingerprint density at radius 2 is 1.67 bits per heavy atom. The first-order valence-electron chi connectivity index (χ1n) is 6.29. The summed E-state index contributed by atoms with van der Waals surface area (Å²) in [4.78, 5) is -0.134. The van der Waals surface area contributed by atoms with Crippen LogP contribution in [0.3, 0.4) is 0 Å². The van der Waals surface area contributed by atoms with Crippen LogP contribution in [0.1, 0.15) is 32.3 Å². The van der Waals surface area contributed by atoms with Gasteiger partial charge < -0.3 is 0 Å². The Morgan fingerprint density at radius 1 is 1.14 bits per heavy atom. The molecular formula is C14H16F3NO2S. The number of hydrogen-bond acceptors (Lipinski definition) is 3. The molecule has 1 aromatic carbocycles. The molecule has 0 N–H and O–H groups in total. The third-order valence-electron chi connectivity index (χ3n) is 3.06. The highest BCUT2D eigenvalue weighted by Crippen LogP contribution is 2.30. The molecule has 0 heterocycles. The minimum Gasteiger partial charge on any atom is -0.224 e. The van der Waals surface area contributed by atoms with Crippen molar-refractivity contribution in [1.82, 2.24) is 0 Å². The van der Waals surface area contributed by atoms with E-state index in [0.29, 0.717) is 6.42 Å². The first kappa shape index (κ1) is 17.5. The van der Waals surface area contributed by atoms with Gasteiger partial charge in [-0.1, -0.05) is 0 Å². The third-order valence-corrected chi connectivity index (χ3v) is 4.87. The lowest BCUT2D eigenvalue weighted by Gasteiger charge is -2.14. The molecule has 0 spiro atoms. The Labute approximate surface area is 122 Å². The van der Waals surface area contributed by atoms with Gasteiger partial charge >= 0.3 is 6.18 Å². The first-order valence-corrected chi connectivity index (χ1v) is 7.94. The maximum atomic E-state index is 12.4. The van der Waals surface area contributed by atoms with E-state index >= 15 is 0 Å². The van der Waals surface area contributed by atoms with Crippen molar-refractivity contribution in [1.29, 1.82) is 5.26 Å². The van der Waals surface area contributed by atoms with E-state index in [1.54, 1.807) is 13.8 Å². The highest BCUT2D eigenvalue weighted by atomic mass is 32.2. The predicted molar refractivity (Wildman–Crippen MR) is 72.1 cm³/mol. The summed E-state index contributed by atoms with van der Waals surface area (Å²) >= 11 is 0. The summed E-state index contributed by atoms with van der Waals surface area (Å²) in [5.41, 5.74) is -1.50. The van der Waals surface area contributed by atoms with E-state index in [-0.39, 0.29) is 17.1 Å². The summed E-state index contributed by atoms with van der Waals surface area (Å²) in [6.07, 6.45) is -3.80. The van der Waals surface area contributed by atoms with Crippen molar-refractivity contribution < 1.29 is 21.6 Å². The second-order valence-corrected chi connectivity index (χ2v) is 7.55. The minimum absolute atomic E-state index is 0.134. The van der Waals surface area contributed by atoms with Crippen LogP contribution in [0, 0.1) is 16.7 Å². The van der Waals surface area contributed by atoms with Gasteiger partial charge in [-0.15, -0.1) is 0 Å². The molecule has 1 aromatic rings. The monoisotopic (exact) mass is 319 g/mol. The number of rotatable bonds is 5. The zero-order chi connectivity index (χ0) is 16.3. The smallest absolute Gasteiger partial charge is 0.224 e. The average Bonchev–Trinajstić information content (AvgIpc) is 2.37. The molecule has 0 saturated carbocycles. The summed E-state index contributed by atoms with van der Waals surface area (Å²) in [5.74, 6) is -0.191. The van der Waals surface area contributed by atoms with Gasteiger partial charge in [-0.25, -0.2) is 8.42 Å². The van der Waals surface area contributed by atoms with Crippen molar-refractivity contribution in [3.8, 4) is 6.07 Å². The third kappa shape index (κ3) is 5.05. The van der Waals surface area contributed by atoms with E-state index in [2.05, 4.69) is 6.07 Å². The molecule has 0 saturated heterocycles. The van der Waals surface area contributed by atoms with Gasteiger partial charge in [0.15, 0.2) is 9.84 Å². The van der Waals surface area contributed by atoms with Crippen LogP contribution in [-0.4, -0.2) is 14.2 Å². The fourth-order valence-electron chi connectivity index (χ4n) is 1.73. The van der Waals surface area contributed by atoms with Crippen molar-refractivity contribution in [2.24, 2.45) is 5.41 Å². The molecule has 0 aliphatic carbocycles. The number of benzene rings is 1. The topological polar surface area (TPSA) is 57.9 Å². The minimum atomic E-state index is -4.49. The molecule has 116 valence electrons. The molecule has 0 aromatic heterocycles. The van der Waals surface area contributed by atoms with E-state index in [1.165, 1.54) is 0 Å². The van der Waals surface area contributed by atoms with Gasteiger partial charge in [0.05, 0.1) is 27.7 Å². The summed E-state index contributed by atoms with van der Waals surface area (Å²) in [6, 6.07) is 5.52. The standard InChI is InChI=1S/C14H16F3NO2S/c1-13(2,10-18)8-3-9-21(19,20)12-6-4-11(5-7-12)14(15,16)17/h4-7H,3,8-9H2,1-2H3. The number of halogens is 3. The fraction of sp³-hybridized carbons (Fsp3) is 0.500. The van der Waals surface area contributed by atoms with Gasteiger partial charge in [0.25, 0.3) is 0 Å². The quantitative estimate of drug-likeness (QED) is 0.829. The lowest BCUT2D eigenvalue weighted by Crippen LogP contribution is -2.13. The first-order chi connectivity index (χ1) is 9.48. The number of sulfone groups is 1. The zero-order valence-electron chi connectivity index (χ0n) is 11.7. The predicted octanol–water partition coefficient (Wildman–Crippen LogP) is 3.81. The van der Waals surface area contributed by atoms with Gasteiger partial charge in [0.2, 0.25) is 0 Å². The molecule has 0 fully saturated rings. The number of nitriles is 1. The Bertz CT molecular complexity index is 626. The maximum Gasteiger partial charge on any atom is 0.416 e. The molecule has 21 heavy (non-hydrogen) atoms. The molecule has 0 aliphatic rings. The van der Waals surface area contributed by atoms with Crippen molar-refractivity contribution in [2.75, 3.05) is 5.75 Å². The largest absolute Gasteiger partial charge is 0.416 e. The molecule has 3 nitrogen and oxygen atoms in total. The van der Waals surface area contributed by atoms with E-state index in [9.17, 15) is 21.6 Å². The fourth-order valence-corrected chi connectivity index (χ4v) is 3.04. The molecule has 0 radical (unpaired) electrons. The number of alkyl halides is 3. The van der Waals surface area contributed by atoms with E-state index in [1.807, 2.05) is 0 Å². The molecule has 0 bridgehead atoms. The van der Waals surface area contributed by atoms with Crippen molar-refractivity contribution in [3.63, 3.8) is 0 Å². The summed E-state index contributed by atoms with van der Waals surface area (Å²) < 4.78 is 61.2. The lowest BCUT2D eigenvalue weighted by molar-refractivity contribution is -0.137. The van der Waals surface area contributed by atoms with E-state index < -0.39 is 27.0 Å². The Morgan fingerprint density at radius 3 is 2.10 bits per heavy atom. The zero-order valence-corrected chi connectivity index (χ0v) is 12.6. The van der Waals surface area contributed by atoms with Gasteiger partial charge in [0.1, 0.15) is 0 Å². The summed E-state index contributed by atoms with van der Waals surface area (Å²) in [7, 11) is -3.63. The van der Waals surface area contributed by atoms with Gasteiger partial charge in [0, 0.05) is 0 Å². The van der Waals surface area contributed by atoms with Gasteiger partial charge in [-0.3, -0.25) is 0 Å². The molecule has 7 heteroatoms. The number of nitrogens with zero attached hydrogens (tertiary/aromatic N) is 1. The van der Waals surface area contributed by atoms with Crippen molar-refractivity contribution in [2.45, 2.75) is 37.8 Å². The van der Waals surface area contributed by atoms with Crippen LogP contribution in [0.25, 0.3) is 0 Å². The van der Waals surface area contributed by atoms with Crippen LogP contribution in [-0.2, 0) is 16.0 Å². The Balaban J connectivity index is 2.78. The SMILES string of the molecule is CC(C)(C#N)CCCS(=O)(=O)c1ccc(C(F)(F)F)cc1. The Kier molecular flexibility index (Phi) is 5.05.